The van der Waals surface area contributed by atoms with Crippen LogP contribution in [0.3, 0.4) is 0 Å². The Bertz CT molecular complexity index is 1170. The fourth-order valence-electron chi connectivity index (χ4n) is 4.85. The lowest BCUT2D eigenvalue weighted by Crippen LogP contribution is -2.42. The van der Waals surface area contributed by atoms with Gasteiger partial charge in [0.25, 0.3) is 5.91 Å². The van der Waals surface area contributed by atoms with Crippen molar-refractivity contribution < 1.29 is 13.2 Å². The lowest BCUT2D eigenvalue weighted by atomic mass is 10.0. The molecule has 2 saturated heterocycles. The highest BCUT2D eigenvalue weighted by Crippen LogP contribution is 2.26. The van der Waals surface area contributed by atoms with Crippen LogP contribution in [-0.4, -0.2) is 67.3 Å². The van der Waals surface area contributed by atoms with Gasteiger partial charge >= 0.3 is 0 Å². The van der Waals surface area contributed by atoms with E-state index in [0.717, 1.165) is 25.9 Å². The van der Waals surface area contributed by atoms with Crippen molar-refractivity contribution in [2.45, 2.75) is 56.9 Å². The molecule has 3 heterocycles. The Hall–Kier alpha value is -2.23. The zero-order valence-electron chi connectivity index (χ0n) is 19.5. The third kappa shape index (κ3) is 5.31. The smallest absolute Gasteiger partial charge is 0.252 e. The summed E-state index contributed by atoms with van der Waals surface area (Å²) >= 11 is 0. The maximum absolute atomic E-state index is 13.2. The normalized spacial score (nSPS) is 21.3. The molecule has 0 bridgehead atoms. The van der Waals surface area contributed by atoms with Crippen LogP contribution in [0.4, 0.5) is 0 Å². The number of nitrogens with one attached hydrogen (secondary N) is 2. The van der Waals surface area contributed by atoms with Crippen molar-refractivity contribution in [3.05, 3.63) is 40.2 Å². The first-order valence-electron chi connectivity index (χ1n) is 11.9. The fraction of sp³-hybridized carbons (Fsp3) is 0.583. The zero-order chi connectivity index (χ0) is 23.6. The Morgan fingerprint density at radius 1 is 1.09 bits per heavy atom. The van der Waals surface area contributed by atoms with E-state index in [9.17, 15) is 18.0 Å². The first-order chi connectivity index (χ1) is 15.8. The van der Waals surface area contributed by atoms with E-state index in [1.165, 1.54) is 41.8 Å². The van der Waals surface area contributed by atoms with Crippen LogP contribution >= 0.6 is 0 Å². The van der Waals surface area contributed by atoms with Gasteiger partial charge < -0.3 is 10.3 Å². The maximum atomic E-state index is 13.2. The van der Waals surface area contributed by atoms with Crippen LogP contribution in [0.5, 0.6) is 0 Å². The van der Waals surface area contributed by atoms with Crippen LogP contribution in [0.1, 0.15) is 56.3 Å². The van der Waals surface area contributed by atoms with Gasteiger partial charge in [-0.15, -0.1) is 0 Å². The van der Waals surface area contributed by atoms with E-state index < -0.39 is 15.6 Å². The number of rotatable bonds is 6. The Balaban J connectivity index is 1.56. The van der Waals surface area contributed by atoms with Gasteiger partial charge in [-0.1, -0.05) is 13.3 Å². The molecule has 0 spiro atoms. The first kappa shape index (κ1) is 23.9. The van der Waals surface area contributed by atoms with Crippen LogP contribution in [0.2, 0.25) is 0 Å². The van der Waals surface area contributed by atoms with Crippen molar-refractivity contribution in [1.82, 2.24) is 19.5 Å². The van der Waals surface area contributed by atoms with E-state index in [1.807, 2.05) is 0 Å². The number of hydrogen-bond donors (Lipinski definition) is 2. The van der Waals surface area contributed by atoms with Gasteiger partial charge in [-0.25, -0.2) is 8.42 Å². The minimum absolute atomic E-state index is 0.146. The average Bonchev–Trinajstić information content (AvgIpc) is 2.79. The van der Waals surface area contributed by atoms with Crippen molar-refractivity contribution in [3.8, 4) is 0 Å². The van der Waals surface area contributed by atoms with Gasteiger partial charge in [0, 0.05) is 49.2 Å². The monoisotopic (exact) mass is 474 g/mol. The van der Waals surface area contributed by atoms with E-state index >= 15 is 0 Å². The predicted octanol–water partition coefficient (Wildman–Crippen LogP) is 2.55. The number of benzene rings is 1. The quantitative estimate of drug-likeness (QED) is 0.670. The summed E-state index contributed by atoms with van der Waals surface area (Å²) in [5.41, 5.74) is 0.256. The number of nitrogens with zero attached hydrogens (tertiary/aromatic N) is 2. The number of piperidine rings is 2. The van der Waals surface area contributed by atoms with Gasteiger partial charge in [0.1, 0.15) is 0 Å². The van der Waals surface area contributed by atoms with Gasteiger partial charge in [-0.3, -0.25) is 14.5 Å². The highest BCUT2D eigenvalue weighted by Gasteiger charge is 2.28. The van der Waals surface area contributed by atoms with Crippen LogP contribution in [0.25, 0.3) is 10.9 Å². The molecule has 1 amide bonds. The maximum Gasteiger partial charge on any atom is 0.252 e. The van der Waals surface area contributed by atoms with E-state index in [0.29, 0.717) is 42.5 Å². The number of carbonyl (C=O) groups is 1. The van der Waals surface area contributed by atoms with Gasteiger partial charge in [0.15, 0.2) is 0 Å². The van der Waals surface area contributed by atoms with Crippen LogP contribution in [0, 0.1) is 5.92 Å². The summed E-state index contributed by atoms with van der Waals surface area (Å²) < 4.78 is 27.9. The molecule has 0 radical (unpaired) electrons. The number of hydrogen-bond acceptors (Lipinski definition) is 5. The molecular weight excluding hydrogens is 440 g/mol. The Labute approximate surface area is 195 Å². The van der Waals surface area contributed by atoms with E-state index in [2.05, 4.69) is 29.0 Å². The van der Waals surface area contributed by atoms with Crippen LogP contribution in [0.15, 0.2) is 34.0 Å². The summed E-state index contributed by atoms with van der Waals surface area (Å²) in [6.07, 6.45) is 5.25. The highest BCUT2D eigenvalue weighted by atomic mass is 32.2. The van der Waals surface area contributed by atoms with Crippen molar-refractivity contribution in [2.75, 3.05) is 32.7 Å². The minimum Gasteiger partial charge on any atom is -0.351 e. The second-order valence-electron chi connectivity index (χ2n) is 9.48. The third-order valence-electron chi connectivity index (χ3n) is 7.06. The topological polar surface area (TPSA) is 103 Å². The molecule has 33 heavy (non-hydrogen) atoms. The number of fused-ring (bicyclic) bond motifs is 1. The number of likely N-dealkylation sites (tertiary alicyclic amines) is 1. The van der Waals surface area contributed by atoms with Gasteiger partial charge in [-0.05, 0) is 63.3 Å². The molecule has 2 N–H and O–H groups in total. The number of amides is 1. The standard InChI is InChI=1S/C24H34N4O4S/c1-17-8-12-28(13-9-17)33(31,32)19-6-7-22-20(15-19)21(16-23(29)26-22)24(30)25-10-14-27-11-4-3-5-18(27)2/h6-7,15-18H,3-5,8-14H2,1-2H3,(H,25,30)(H,26,29). The van der Waals surface area contributed by atoms with E-state index in [4.69, 9.17) is 0 Å². The number of aromatic nitrogens is 1. The fourth-order valence-corrected chi connectivity index (χ4v) is 6.35. The number of aromatic amines is 1. The number of carbonyl (C=O) groups excluding carboxylic acids is 1. The molecule has 0 aliphatic carbocycles. The SMILES string of the molecule is CC1CCN(S(=O)(=O)c2ccc3[nH]c(=O)cc(C(=O)NCCN4CCCCC4C)c3c2)CC1. The van der Waals surface area contributed by atoms with Gasteiger partial charge in [-0.2, -0.15) is 4.31 Å². The van der Waals surface area contributed by atoms with Crippen LogP contribution < -0.4 is 10.9 Å². The molecule has 1 unspecified atom stereocenters. The molecule has 180 valence electrons. The number of H-pyrrole nitrogens is 1. The molecule has 2 aliphatic rings. The Morgan fingerprint density at radius 3 is 2.58 bits per heavy atom. The lowest BCUT2D eigenvalue weighted by molar-refractivity contribution is 0.0940. The van der Waals surface area contributed by atoms with Gasteiger partial charge in [0.05, 0.1) is 10.5 Å². The second kappa shape index (κ2) is 9.95. The molecule has 2 aliphatic heterocycles. The zero-order valence-corrected chi connectivity index (χ0v) is 20.3. The van der Waals surface area contributed by atoms with Crippen molar-refractivity contribution in [1.29, 1.82) is 0 Å². The highest BCUT2D eigenvalue weighted by molar-refractivity contribution is 7.89. The van der Waals surface area contributed by atoms with Gasteiger partial charge in [0.2, 0.25) is 15.6 Å². The Kier molecular flexibility index (Phi) is 7.21. The Morgan fingerprint density at radius 2 is 1.85 bits per heavy atom. The van der Waals surface area contributed by atoms with Crippen molar-refractivity contribution >= 4 is 26.8 Å². The average molecular weight is 475 g/mol. The largest absolute Gasteiger partial charge is 0.351 e. The van der Waals surface area contributed by atoms with Crippen molar-refractivity contribution in [3.63, 3.8) is 0 Å². The summed E-state index contributed by atoms with van der Waals surface area (Å²) in [4.78, 5) is 30.4. The van der Waals surface area contributed by atoms with Crippen LogP contribution in [-0.2, 0) is 10.0 Å². The molecule has 2 aromatic rings. The second-order valence-corrected chi connectivity index (χ2v) is 11.4. The van der Waals surface area contributed by atoms with E-state index in [-0.39, 0.29) is 16.4 Å². The summed E-state index contributed by atoms with van der Waals surface area (Å²) in [6.45, 7) is 7.58. The predicted molar refractivity (Wildman–Crippen MR) is 129 cm³/mol. The molecule has 0 saturated carbocycles. The molecular formula is C24H34N4O4S. The molecule has 1 aromatic heterocycles. The molecule has 1 atom stereocenters. The molecule has 1 aromatic carbocycles. The molecule has 2 fully saturated rings. The first-order valence-corrected chi connectivity index (χ1v) is 13.4. The summed E-state index contributed by atoms with van der Waals surface area (Å²) in [5, 5.41) is 3.35. The summed E-state index contributed by atoms with van der Waals surface area (Å²) in [6, 6.07) is 6.34. The summed E-state index contributed by atoms with van der Waals surface area (Å²) in [7, 11) is -3.66. The molecule has 4 rings (SSSR count). The lowest BCUT2D eigenvalue weighted by Gasteiger charge is -2.33. The summed E-state index contributed by atoms with van der Waals surface area (Å²) in [5.74, 6) is 0.151. The van der Waals surface area contributed by atoms with Crippen molar-refractivity contribution in [2.24, 2.45) is 5.92 Å². The number of pyridine rings is 1. The minimum atomic E-state index is -3.66. The van der Waals surface area contributed by atoms with E-state index in [1.54, 1.807) is 6.07 Å². The molecule has 8 nitrogen and oxygen atoms in total. The third-order valence-corrected chi connectivity index (χ3v) is 8.96. The number of sulfonamides is 1. The molecule has 9 heteroatoms.